The number of fused-ring (bicyclic) bond motifs is 1. The van der Waals surface area contributed by atoms with Crippen LogP contribution in [-0.4, -0.2) is 196 Å². The summed E-state index contributed by atoms with van der Waals surface area (Å²) < 4.78 is 0. The molecule has 0 aliphatic carbocycles. The maximum absolute atomic E-state index is 15.3. The number of nitrogens with two attached hydrogens (primary N) is 1. The van der Waals surface area contributed by atoms with Crippen LogP contribution >= 0.6 is 11.6 Å². The normalized spacial score (nSPS) is 14.9. The van der Waals surface area contributed by atoms with Gasteiger partial charge in [-0.05, 0) is 146 Å². The first-order chi connectivity index (χ1) is 53.7. The van der Waals surface area contributed by atoms with Crippen LogP contribution in [0, 0.1) is 5.92 Å². The lowest BCUT2D eigenvalue weighted by Gasteiger charge is -2.31. The monoisotopic (exact) mass is 1570 g/mol. The number of aliphatic hydroxyl groups is 1. The van der Waals surface area contributed by atoms with E-state index in [1.165, 1.54) is 88.4 Å². The molecule has 113 heavy (non-hydrogen) atoms. The maximum atomic E-state index is 15.3. The number of carbonyl (C=O) groups excluding carboxylic acids is 14. The molecule has 1 saturated heterocycles. The van der Waals surface area contributed by atoms with Crippen LogP contribution in [0.1, 0.15) is 127 Å². The van der Waals surface area contributed by atoms with Crippen molar-refractivity contribution in [2.24, 2.45) is 11.7 Å². The third-order valence-corrected chi connectivity index (χ3v) is 18.9. The van der Waals surface area contributed by atoms with Crippen LogP contribution < -0.4 is 69.5 Å². The molecule has 7 rings (SSSR count). The van der Waals surface area contributed by atoms with Crippen LogP contribution in [0.4, 0.5) is 11.4 Å². The van der Waals surface area contributed by atoms with Gasteiger partial charge in [0.05, 0.1) is 6.61 Å². The minimum atomic E-state index is -1.93. The molecule has 32 heteroatoms. The summed E-state index contributed by atoms with van der Waals surface area (Å²) in [7, 11) is 1.22. The van der Waals surface area contributed by atoms with Gasteiger partial charge >= 0.3 is 0 Å². The number of primary amides is 1. The average molecular weight is 1580 g/mol. The summed E-state index contributed by atoms with van der Waals surface area (Å²) in [6.45, 7) is 12.4. The van der Waals surface area contributed by atoms with Crippen molar-refractivity contribution >= 4 is 116 Å². The molecular formula is C81H103ClN16O15. The highest BCUT2D eigenvalue weighted by Gasteiger charge is 2.41. The number of halogens is 1. The minimum Gasteiger partial charge on any atom is -0.394 e. The van der Waals surface area contributed by atoms with Crippen molar-refractivity contribution in [1.82, 2.24) is 68.0 Å². The van der Waals surface area contributed by atoms with Gasteiger partial charge in [-0.2, -0.15) is 0 Å². The lowest BCUT2D eigenvalue weighted by molar-refractivity contribution is -0.142. The number of nitrogens with zero attached hydrogens (tertiary/aromatic N) is 3. The van der Waals surface area contributed by atoms with E-state index in [2.05, 4.69) is 68.8 Å². The number of benzene rings is 5. The van der Waals surface area contributed by atoms with Gasteiger partial charge in [0.15, 0.2) is 6.17 Å². The van der Waals surface area contributed by atoms with Gasteiger partial charge in [-0.1, -0.05) is 112 Å². The van der Waals surface area contributed by atoms with Crippen molar-refractivity contribution in [3.8, 4) is 0 Å². The molecule has 0 saturated carbocycles. The van der Waals surface area contributed by atoms with Crippen LogP contribution in [0.15, 0.2) is 140 Å². The second-order valence-corrected chi connectivity index (χ2v) is 29.2. The Labute approximate surface area is 661 Å². The largest absolute Gasteiger partial charge is 0.394 e. The predicted octanol–water partition coefficient (Wildman–Crippen LogP) is 2.89. The summed E-state index contributed by atoms with van der Waals surface area (Å²) in [5, 5.41) is 45.8. The summed E-state index contributed by atoms with van der Waals surface area (Å²) in [6.07, 6.45) is 1.72. The second kappa shape index (κ2) is 43.2. The number of rotatable bonds is 40. The molecule has 1 aliphatic rings. The third kappa shape index (κ3) is 27.9. The van der Waals surface area contributed by atoms with Gasteiger partial charge < -0.3 is 84.4 Å². The van der Waals surface area contributed by atoms with Crippen molar-refractivity contribution in [3.05, 3.63) is 173 Å². The summed E-state index contributed by atoms with van der Waals surface area (Å²) >= 11 is 6.18. The predicted molar refractivity (Wildman–Crippen MR) is 424 cm³/mol. The first kappa shape index (κ1) is 88.5. The Hall–Kier alpha value is -11.7. The fourth-order valence-corrected chi connectivity index (χ4v) is 12.9. The van der Waals surface area contributed by atoms with Gasteiger partial charge in [-0.3, -0.25) is 72.1 Å². The standard InChI is InChI=1S/C81H103ClN16O15/c1-46(2)38-63(72(104)90-62(19-12-13-36-85-47(3)4)81(113)98-37-15-20-69(98)78(110)86-48(5)70(83)103)91-73(105)65(40-52-22-31-60(32-23-52)87-49(6)100)92-74(106)66(41-53-24-33-61(34-25-53)88-50(7)101)93-77(109)68(45-99)95-75(107)67(43-55-16-14-35-84-44-55)94-79(111)71(97(9)80(112)57-27-29-59(82)30-28-57)96-76(108)64(89-51(8)102)42-54-21-26-56-17-10-11-18-58(56)39-54/h10-11,14,16-18,21-35,39,44,46-48,62-69,71,85,99H,12-13,15,19-20,36-38,40-43,45H2,1-9H3,(H2,83,103)(H,86,110)(H,87,100)(H,88,101)(H,89,102)(H,90,104)(H,91,105)(H,92,106)(H,93,109)(H,94,111)(H,95,107)(H,96,108)/t48-,62+,63+,64-,65-,66+,67-,68+,69-,71+/m1/s1. The molecule has 1 aromatic heterocycles. The molecule has 604 valence electrons. The molecule has 1 aliphatic heterocycles. The fourth-order valence-electron chi connectivity index (χ4n) is 12.8. The molecule has 0 radical (unpaired) electrons. The van der Waals surface area contributed by atoms with Crippen LogP contribution in [0.5, 0.6) is 0 Å². The molecule has 2 heterocycles. The number of hydrogen-bond acceptors (Lipinski definition) is 17. The Morgan fingerprint density at radius 1 is 0.531 bits per heavy atom. The number of carbonyl (C=O) groups is 14. The third-order valence-electron chi connectivity index (χ3n) is 18.6. The zero-order valence-electron chi connectivity index (χ0n) is 64.9. The average Bonchev–Trinajstić information content (AvgIpc) is 1.75. The Morgan fingerprint density at radius 2 is 1.03 bits per heavy atom. The smallest absolute Gasteiger partial charge is 0.264 e. The quantitative estimate of drug-likeness (QED) is 0.0194. The molecule has 10 atom stereocenters. The Kier molecular flexibility index (Phi) is 33.8. The van der Waals surface area contributed by atoms with E-state index in [-0.39, 0.29) is 85.9 Å². The highest BCUT2D eigenvalue weighted by Crippen LogP contribution is 2.23. The summed E-state index contributed by atoms with van der Waals surface area (Å²) in [4.78, 5) is 203. The number of unbranched alkanes of at least 4 members (excludes halogenated alkanes) is 1. The number of aromatic nitrogens is 1. The molecular weight excluding hydrogens is 1470 g/mol. The van der Waals surface area contributed by atoms with Crippen LogP contribution in [0.25, 0.3) is 10.8 Å². The first-order valence-corrected chi connectivity index (χ1v) is 37.9. The first-order valence-electron chi connectivity index (χ1n) is 37.5. The summed E-state index contributed by atoms with van der Waals surface area (Å²) in [5.41, 5.74) is 8.06. The summed E-state index contributed by atoms with van der Waals surface area (Å²) in [6, 6.07) is 21.5. The van der Waals surface area contributed by atoms with Crippen LogP contribution in [-0.2, 0) is 88.0 Å². The molecule has 14 amide bonds. The van der Waals surface area contributed by atoms with Crippen molar-refractivity contribution in [3.63, 3.8) is 0 Å². The van der Waals surface area contributed by atoms with Gasteiger partial charge in [0.25, 0.3) is 11.8 Å². The van der Waals surface area contributed by atoms with Crippen molar-refractivity contribution in [1.29, 1.82) is 0 Å². The van der Waals surface area contributed by atoms with Crippen molar-refractivity contribution < 1.29 is 72.2 Å². The zero-order chi connectivity index (χ0) is 82.6. The molecule has 6 aromatic rings. The van der Waals surface area contributed by atoms with Gasteiger partial charge in [0.1, 0.15) is 54.4 Å². The lowest BCUT2D eigenvalue weighted by Crippen LogP contribution is -2.64. The SMILES string of the molecule is CC(=O)Nc1ccc(C[C@H](NC(=O)[C@H](CO)NC(=O)[C@@H](Cc2cccnc2)NC(=O)[C@@H](NC(=O)[C@@H](Cc2ccc3ccccc3c2)NC(C)=O)N(C)C(=O)c2ccc(Cl)cc2)C(=O)N[C@H](Cc2ccc(NC(C)=O)cc2)C(=O)N[C@@H](CC(C)C)C(=O)N[C@@H](CCCCNC(C)C)C(=O)N2CCC[C@@H]2C(=O)N[C@H](C)C(N)=O)cc1. The van der Waals surface area contributed by atoms with E-state index in [0.29, 0.717) is 59.4 Å². The highest BCUT2D eigenvalue weighted by atomic mass is 35.5. The maximum Gasteiger partial charge on any atom is 0.264 e. The minimum absolute atomic E-state index is 0.00268. The van der Waals surface area contributed by atoms with E-state index in [1.54, 1.807) is 68.4 Å². The Balaban J connectivity index is 1.20. The number of nitrogens with one attached hydrogen (secondary N) is 12. The molecule has 0 spiro atoms. The van der Waals surface area contributed by atoms with E-state index in [0.717, 1.165) is 15.7 Å². The molecule has 31 nitrogen and oxygen atoms in total. The van der Waals surface area contributed by atoms with Gasteiger partial charge in [0, 0.05) is 100 Å². The van der Waals surface area contributed by atoms with Gasteiger partial charge in [0.2, 0.25) is 70.9 Å². The van der Waals surface area contributed by atoms with E-state index >= 15 is 14.4 Å². The molecule has 5 aromatic carbocycles. The van der Waals surface area contributed by atoms with Gasteiger partial charge in [-0.25, -0.2) is 0 Å². The number of aliphatic hydroxyl groups excluding tert-OH is 1. The Morgan fingerprint density at radius 3 is 1.56 bits per heavy atom. The van der Waals surface area contributed by atoms with Crippen molar-refractivity contribution in [2.75, 3.05) is 37.4 Å². The molecule has 1 fully saturated rings. The number of anilines is 2. The summed E-state index contributed by atoms with van der Waals surface area (Å²) in [5.74, 6) is -11.4. The van der Waals surface area contributed by atoms with E-state index in [4.69, 9.17) is 17.3 Å². The fraction of sp³-hybridized carbons (Fsp3) is 0.420. The van der Waals surface area contributed by atoms with E-state index < -0.39 is 138 Å². The van der Waals surface area contributed by atoms with Crippen molar-refractivity contribution in [2.45, 2.75) is 186 Å². The lowest BCUT2D eigenvalue weighted by atomic mass is 9.99. The Bertz CT molecular complexity index is 4340. The molecule has 15 N–H and O–H groups in total. The number of hydrogen-bond donors (Lipinski definition) is 14. The number of pyridine rings is 1. The van der Waals surface area contributed by atoms with E-state index in [1.807, 2.05) is 50.2 Å². The molecule has 0 bridgehead atoms. The van der Waals surface area contributed by atoms with Crippen LogP contribution in [0.3, 0.4) is 0 Å². The zero-order valence-corrected chi connectivity index (χ0v) is 65.6. The highest BCUT2D eigenvalue weighted by molar-refractivity contribution is 6.30. The number of likely N-dealkylation sites (N-methyl/N-ethyl adjacent to an activating group) is 1. The number of likely N-dealkylation sites (tertiary alicyclic amines) is 1. The number of amides is 14. The van der Waals surface area contributed by atoms with Crippen LogP contribution in [0.2, 0.25) is 5.02 Å². The molecule has 0 unspecified atom stereocenters. The van der Waals surface area contributed by atoms with Gasteiger partial charge in [-0.15, -0.1) is 0 Å². The van der Waals surface area contributed by atoms with E-state index in [9.17, 15) is 57.8 Å². The second-order valence-electron chi connectivity index (χ2n) is 28.8. The topological polar surface area (TPSA) is 449 Å².